The van der Waals surface area contributed by atoms with E-state index < -0.39 is 0 Å². The van der Waals surface area contributed by atoms with Gasteiger partial charge in [-0.2, -0.15) is 0 Å². The van der Waals surface area contributed by atoms with Crippen molar-refractivity contribution in [2.75, 3.05) is 20.3 Å². The van der Waals surface area contributed by atoms with Crippen molar-refractivity contribution in [3.05, 3.63) is 22.2 Å². The Bertz CT molecular complexity index is 380. The standard InChI is InChI=1S/C11H14BrNO3/c1-15-10-3-7(2-9(12)11(10)14)4-13-8-5-16-6-8/h2-3,8,13-14H,4-6H2,1H3. The predicted molar refractivity (Wildman–Crippen MR) is 63.8 cm³/mol. The van der Waals surface area contributed by atoms with Crippen LogP contribution in [0.15, 0.2) is 16.6 Å². The van der Waals surface area contributed by atoms with E-state index in [-0.39, 0.29) is 5.75 Å². The molecule has 0 radical (unpaired) electrons. The molecular formula is C11H14BrNO3. The summed E-state index contributed by atoms with van der Waals surface area (Å²) in [5.74, 6) is 0.620. The average molecular weight is 288 g/mol. The number of hydrogen-bond donors (Lipinski definition) is 2. The second-order valence-corrected chi connectivity index (χ2v) is 4.60. The van der Waals surface area contributed by atoms with Gasteiger partial charge >= 0.3 is 0 Å². The first kappa shape index (κ1) is 11.7. The number of halogens is 1. The Hall–Kier alpha value is -0.780. The van der Waals surface area contributed by atoms with Crippen molar-refractivity contribution >= 4 is 15.9 Å². The summed E-state index contributed by atoms with van der Waals surface area (Å²) >= 11 is 3.29. The monoisotopic (exact) mass is 287 g/mol. The maximum Gasteiger partial charge on any atom is 0.172 e. The number of methoxy groups -OCH3 is 1. The number of aromatic hydroxyl groups is 1. The molecule has 1 saturated heterocycles. The van der Waals surface area contributed by atoms with Crippen molar-refractivity contribution in [2.24, 2.45) is 0 Å². The zero-order valence-electron chi connectivity index (χ0n) is 9.00. The third-order valence-corrected chi connectivity index (χ3v) is 3.15. The van der Waals surface area contributed by atoms with Crippen molar-refractivity contribution in [3.63, 3.8) is 0 Å². The number of ether oxygens (including phenoxy) is 2. The minimum Gasteiger partial charge on any atom is -0.503 e. The highest BCUT2D eigenvalue weighted by molar-refractivity contribution is 9.10. The zero-order chi connectivity index (χ0) is 11.5. The van der Waals surface area contributed by atoms with E-state index in [9.17, 15) is 5.11 Å². The summed E-state index contributed by atoms with van der Waals surface area (Å²) in [6, 6.07) is 4.15. The van der Waals surface area contributed by atoms with Crippen molar-refractivity contribution in [1.82, 2.24) is 5.32 Å². The number of nitrogens with one attached hydrogen (secondary N) is 1. The lowest BCUT2D eigenvalue weighted by atomic mass is 10.1. The molecular weight excluding hydrogens is 274 g/mol. The van der Waals surface area contributed by atoms with Gasteiger partial charge in [0.1, 0.15) is 0 Å². The van der Waals surface area contributed by atoms with Gasteiger partial charge in [0.05, 0.1) is 30.8 Å². The van der Waals surface area contributed by atoms with E-state index in [1.54, 1.807) is 7.11 Å². The van der Waals surface area contributed by atoms with Crippen LogP contribution >= 0.6 is 15.9 Å². The summed E-state index contributed by atoms with van der Waals surface area (Å²) in [6.45, 7) is 2.29. The van der Waals surface area contributed by atoms with Crippen LogP contribution in [-0.4, -0.2) is 31.5 Å². The Morgan fingerprint density at radius 3 is 2.88 bits per heavy atom. The molecule has 2 N–H and O–H groups in total. The average Bonchev–Trinajstić information content (AvgIpc) is 2.20. The van der Waals surface area contributed by atoms with Gasteiger partial charge in [0.15, 0.2) is 11.5 Å². The Balaban J connectivity index is 2.05. The molecule has 4 nitrogen and oxygen atoms in total. The SMILES string of the molecule is COc1cc(CNC2COC2)cc(Br)c1O. The first-order valence-corrected chi connectivity index (χ1v) is 5.86. The van der Waals surface area contributed by atoms with Gasteiger partial charge in [0.25, 0.3) is 0 Å². The van der Waals surface area contributed by atoms with Gasteiger partial charge < -0.3 is 19.9 Å². The number of hydrogen-bond acceptors (Lipinski definition) is 4. The van der Waals surface area contributed by atoms with Crippen LogP contribution in [0.25, 0.3) is 0 Å². The van der Waals surface area contributed by atoms with Gasteiger partial charge in [-0.05, 0) is 33.6 Å². The Morgan fingerprint density at radius 1 is 1.56 bits per heavy atom. The van der Waals surface area contributed by atoms with E-state index >= 15 is 0 Å². The van der Waals surface area contributed by atoms with Crippen LogP contribution in [0.4, 0.5) is 0 Å². The molecule has 0 bridgehead atoms. The molecule has 1 aliphatic heterocycles. The maximum atomic E-state index is 9.64. The largest absolute Gasteiger partial charge is 0.503 e. The molecule has 0 aliphatic carbocycles. The molecule has 0 spiro atoms. The second kappa shape index (κ2) is 5.03. The summed E-state index contributed by atoms with van der Waals surface area (Å²) in [5.41, 5.74) is 1.06. The van der Waals surface area contributed by atoms with Gasteiger partial charge in [-0.25, -0.2) is 0 Å². The number of phenols is 1. The molecule has 1 heterocycles. The van der Waals surface area contributed by atoms with Crippen molar-refractivity contribution in [3.8, 4) is 11.5 Å². The molecule has 0 atom stereocenters. The minimum atomic E-state index is 0.137. The van der Waals surface area contributed by atoms with Gasteiger partial charge in [-0.1, -0.05) is 0 Å². The lowest BCUT2D eigenvalue weighted by Crippen LogP contribution is -2.45. The first-order valence-electron chi connectivity index (χ1n) is 5.07. The molecule has 0 aromatic heterocycles. The zero-order valence-corrected chi connectivity index (χ0v) is 10.6. The molecule has 88 valence electrons. The summed E-state index contributed by atoms with van der Waals surface area (Å²) in [7, 11) is 1.54. The summed E-state index contributed by atoms with van der Waals surface area (Å²) in [5, 5.41) is 13.0. The Morgan fingerprint density at radius 2 is 2.31 bits per heavy atom. The van der Waals surface area contributed by atoms with Crippen molar-refractivity contribution in [2.45, 2.75) is 12.6 Å². The van der Waals surface area contributed by atoms with Crippen LogP contribution in [0.1, 0.15) is 5.56 Å². The fourth-order valence-corrected chi connectivity index (χ4v) is 1.99. The molecule has 0 amide bonds. The molecule has 2 rings (SSSR count). The quantitative estimate of drug-likeness (QED) is 0.884. The third kappa shape index (κ3) is 2.48. The predicted octanol–water partition coefficient (Wildman–Crippen LogP) is 1.65. The van der Waals surface area contributed by atoms with E-state index in [4.69, 9.17) is 9.47 Å². The topological polar surface area (TPSA) is 50.7 Å². The van der Waals surface area contributed by atoms with Crippen molar-refractivity contribution in [1.29, 1.82) is 0 Å². The van der Waals surface area contributed by atoms with Crippen LogP contribution in [-0.2, 0) is 11.3 Å². The highest BCUT2D eigenvalue weighted by Crippen LogP contribution is 2.35. The molecule has 1 aliphatic rings. The number of benzene rings is 1. The van der Waals surface area contributed by atoms with Gasteiger partial charge in [-0.3, -0.25) is 0 Å². The van der Waals surface area contributed by atoms with Crippen LogP contribution in [0.5, 0.6) is 11.5 Å². The smallest absolute Gasteiger partial charge is 0.172 e. The van der Waals surface area contributed by atoms with Gasteiger partial charge in [-0.15, -0.1) is 0 Å². The normalized spacial score (nSPS) is 15.9. The van der Waals surface area contributed by atoms with E-state index in [0.29, 0.717) is 16.3 Å². The number of phenolic OH excluding ortho intramolecular Hbond substituents is 1. The van der Waals surface area contributed by atoms with Crippen LogP contribution in [0.3, 0.4) is 0 Å². The molecule has 16 heavy (non-hydrogen) atoms. The molecule has 0 saturated carbocycles. The lowest BCUT2D eigenvalue weighted by Gasteiger charge is -2.27. The molecule has 1 aromatic rings. The maximum absolute atomic E-state index is 9.64. The van der Waals surface area contributed by atoms with Crippen LogP contribution in [0, 0.1) is 0 Å². The first-order chi connectivity index (χ1) is 7.70. The molecule has 1 fully saturated rings. The van der Waals surface area contributed by atoms with Crippen molar-refractivity contribution < 1.29 is 14.6 Å². The van der Waals surface area contributed by atoms with E-state index in [2.05, 4.69) is 21.2 Å². The highest BCUT2D eigenvalue weighted by Gasteiger charge is 2.17. The molecule has 5 heteroatoms. The lowest BCUT2D eigenvalue weighted by molar-refractivity contribution is -0.00579. The summed E-state index contributed by atoms with van der Waals surface area (Å²) in [6.07, 6.45) is 0. The summed E-state index contributed by atoms with van der Waals surface area (Å²) in [4.78, 5) is 0. The third-order valence-electron chi connectivity index (χ3n) is 2.54. The van der Waals surface area contributed by atoms with E-state index in [0.717, 1.165) is 25.3 Å². The second-order valence-electron chi connectivity index (χ2n) is 3.74. The van der Waals surface area contributed by atoms with Crippen LogP contribution < -0.4 is 10.1 Å². The Kier molecular flexibility index (Phi) is 3.68. The summed E-state index contributed by atoms with van der Waals surface area (Å²) < 4.78 is 10.8. The van der Waals surface area contributed by atoms with Crippen LogP contribution in [0.2, 0.25) is 0 Å². The fourth-order valence-electron chi connectivity index (χ4n) is 1.50. The van der Waals surface area contributed by atoms with Gasteiger partial charge in [0.2, 0.25) is 0 Å². The Labute approximate surface area is 103 Å². The number of rotatable bonds is 4. The van der Waals surface area contributed by atoms with E-state index in [1.165, 1.54) is 0 Å². The highest BCUT2D eigenvalue weighted by atomic mass is 79.9. The fraction of sp³-hybridized carbons (Fsp3) is 0.455. The molecule has 1 aromatic carbocycles. The molecule has 0 unspecified atom stereocenters. The van der Waals surface area contributed by atoms with E-state index in [1.807, 2.05) is 12.1 Å². The van der Waals surface area contributed by atoms with Gasteiger partial charge in [0, 0.05) is 6.54 Å². The minimum absolute atomic E-state index is 0.137.